The lowest BCUT2D eigenvalue weighted by Gasteiger charge is -2.26. The van der Waals surface area contributed by atoms with Crippen LogP contribution in [0.25, 0.3) is 0 Å². The second kappa shape index (κ2) is 5.24. The van der Waals surface area contributed by atoms with Gasteiger partial charge in [-0.15, -0.1) is 0 Å². The molecule has 0 radical (unpaired) electrons. The Bertz CT molecular complexity index is 476. The van der Waals surface area contributed by atoms with Gasteiger partial charge in [0.25, 0.3) is 5.91 Å². The molecular weight excluding hydrogens is 236 g/mol. The average Bonchev–Trinajstić information content (AvgIpc) is 3.12. The molecule has 1 aliphatic rings. The van der Waals surface area contributed by atoms with E-state index in [0.29, 0.717) is 5.92 Å². The summed E-state index contributed by atoms with van der Waals surface area (Å²) in [5.41, 5.74) is 2.72. The number of nitrogens with one attached hydrogen (secondary N) is 2. The number of amides is 1. The quantitative estimate of drug-likeness (QED) is 0.852. The van der Waals surface area contributed by atoms with E-state index in [-0.39, 0.29) is 11.4 Å². The van der Waals surface area contributed by atoms with Crippen LogP contribution in [0.4, 0.5) is 5.69 Å². The molecule has 19 heavy (non-hydrogen) atoms. The van der Waals surface area contributed by atoms with Crippen LogP contribution in [0, 0.1) is 12.8 Å². The summed E-state index contributed by atoms with van der Waals surface area (Å²) in [4.78, 5) is 12.4. The Labute approximate surface area is 115 Å². The summed E-state index contributed by atoms with van der Waals surface area (Å²) < 4.78 is 0. The number of hydrogen-bond donors (Lipinski definition) is 2. The van der Waals surface area contributed by atoms with E-state index in [1.54, 1.807) is 0 Å². The van der Waals surface area contributed by atoms with Gasteiger partial charge in [0.1, 0.15) is 0 Å². The Kier molecular flexibility index (Phi) is 3.83. The zero-order valence-corrected chi connectivity index (χ0v) is 12.3. The molecule has 1 amide bonds. The van der Waals surface area contributed by atoms with Crippen LogP contribution in [0.2, 0.25) is 0 Å². The summed E-state index contributed by atoms with van der Waals surface area (Å²) in [6.07, 6.45) is 2.45. The molecule has 1 aromatic carbocycles. The molecule has 2 rings (SSSR count). The molecule has 0 aliphatic heterocycles. The molecule has 0 heterocycles. The van der Waals surface area contributed by atoms with Crippen LogP contribution in [0.5, 0.6) is 0 Å². The van der Waals surface area contributed by atoms with Crippen molar-refractivity contribution in [3.63, 3.8) is 0 Å². The van der Waals surface area contributed by atoms with E-state index in [0.717, 1.165) is 23.4 Å². The molecule has 3 heteroatoms. The SMILES string of the molecule is CCNc1cc(C)ccc1C(=O)NC(C)(C)C1CC1. The monoisotopic (exact) mass is 260 g/mol. The third kappa shape index (κ3) is 3.28. The van der Waals surface area contributed by atoms with Crippen molar-refractivity contribution < 1.29 is 4.79 Å². The Morgan fingerprint density at radius 2 is 2.05 bits per heavy atom. The number of rotatable bonds is 5. The fraction of sp³-hybridized carbons (Fsp3) is 0.562. The van der Waals surface area contributed by atoms with Crippen molar-refractivity contribution >= 4 is 11.6 Å². The van der Waals surface area contributed by atoms with Crippen LogP contribution in [0.15, 0.2) is 18.2 Å². The molecule has 0 aromatic heterocycles. The number of aryl methyl sites for hydroxylation is 1. The second-order valence-corrected chi connectivity index (χ2v) is 6.03. The maximum atomic E-state index is 12.4. The first-order valence-corrected chi connectivity index (χ1v) is 7.11. The van der Waals surface area contributed by atoms with Crippen LogP contribution < -0.4 is 10.6 Å². The highest BCUT2D eigenvalue weighted by atomic mass is 16.1. The van der Waals surface area contributed by atoms with Crippen molar-refractivity contribution in [2.45, 2.75) is 46.1 Å². The minimum Gasteiger partial charge on any atom is -0.385 e. The fourth-order valence-corrected chi connectivity index (χ4v) is 2.46. The first kappa shape index (κ1) is 13.9. The van der Waals surface area contributed by atoms with E-state index < -0.39 is 0 Å². The highest BCUT2D eigenvalue weighted by molar-refractivity contribution is 6.00. The van der Waals surface area contributed by atoms with Crippen LogP contribution >= 0.6 is 0 Å². The Morgan fingerprint density at radius 3 is 2.63 bits per heavy atom. The summed E-state index contributed by atoms with van der Waals surface area (Å²) in [6.45, 7) is 9.12. The summed E-state index contributed by atoms with van der Waals surface area (Å²) >= 11 is 0. The van der Waals surface area contributed by atoms with Crippen molar-refractivity contribution in [1.29, 1.82) is 0 Å². The van der Waals surface area contributed by atoms with E-state index in [1.807, 2.05) is 32.0 Å². The van der Waals surface area contributed by atoms with Gasteiger partial charge in [0.05, 0.1) is 5.56 Å². The zero-order chi connectivity index (χ0) is 14.0. The molecular formula is C16H24N2O. The van der Waals surface area contributed by atoms with E-state index in [9.17, 15) is 4.79 Å². The number of hydrogen-bond acceptors (Lipinski definition) is 2. The third-order valence-corrected chi connectivity index (χ3v) is 3.82. The Balaban J connectivity index is 2.18. The Hall–Kier alpha value is -1.51. The lowest BCUT2D eigenvalue weighted by molar-refractivity contribution is 0.0904. The number of carbonyl (C=O) groups excluding carboxylic acids is 1. The van der Waals surface area contributed by atoms with Gasteiger partial charge in [0.15, 0.2) is 0 Å². The molecule has 0 bridgehead atoms. The third-order valence-electron chi connectivity index (χ3n) is 3.82. The number of carbonyl (C=O) groups is 1. The van der Waals surface area contributed by atoms with Gasteiger partial charge in [0.2, 0.25) is 0 Å². The summed E-state index contributed by atoms with van der Waals surface area (Å²) in [7, 11) is 0. The maximum absolute atomic E-state index is 12.4. The Morgan fingerprint density at radius 1 is 1.37 bits per heavy atom. The normalized spacial score (nSPS) is 15.2. The van der Waals surface area contributed by atoms with E-state index >= 15 is 0 Å². The van der Waals surface area contributed by atoms with Crippen molar-refractivity contribution in [3.8, 4) is 0 Å². The fourth-order valence-electron chi connectivity index (χ4n) is 2.46. The van der Waals surface area contributed by atoms with Crippen LogP contribution in [-0.4, -0.2) is 18.0 Å². The van der Waals surface area contributed by atoms with E-state index in [4.69, 9.17) is 0 Å². The predicted molar refractivity (Wildman–Crippen MR) is 79.6 cm³/mol. The van der Waals surface area contributed by atoms with E-state index in [1.165, 1.54) is 12.8 Å². The molecule has 0 saturated heterocycles. The van der Waals surface area contributed by atoms with Gasteiger partial charge < -0.3 is 10.6 Å². The molecule has 0 atom stereocenters. The number of benzene rings is 1. The topological polar surface area (TPSA) is 41.1 Å². The molecule has 0 unspecified atom stereocenters. The van der Waals surface area contributed by atoms with Crippen molar-refractivity contribution in [1.82, 2.24) is 5.32 Å². The lowest BCUT2D eigenvalue weighted by atomic mass is 9.97. The van der Waals surface area contributed by atoms with Gasteiger partial charge in [-0.1, -0.05) is 6.07 Å². The number of anilines is 1. The van der Waals surface area contributed by atoms with Gasteiger partial charge in [-0.3, -0.25) is 4.79 Å². The molecule has 0 spiro atoms. The van der Waals surface area contributed by atoms with Crippen molar-refractivity contribution in [2.75, 3.05) is 11.9 Å². The maximum Gasteiger partial charge on any atom is 0.253 e. The van der Waals surface area contributed by atoms with Crippen LogP contribution in [0.3, 0.4) is 0 Å². The highest BCUT2D eigenvalue weighted by Gasteiger charge is 2.39. The molecule has 1 aromatic rings. The van der Waals surface area contributed by atoms with Crippen molar-refractivity contribution in [2.24, 2.45) is 5.92 Å². The van der Waals surface area contributed by atoms with Gasteiger partial charge in [-0.2, -0.15) is 0 Å². The van der Waals surface area contributed by atoms with Gasteiger partial charge in [-0.25, -0.2) is 0 Å². The van der Waals surface area contributed by atoms with Crippen LogP contribution in [-0.2, 0) is 0 Å². The standard InChI is InChI=1S/C16H24N2O/c1-5-17-14-10-11(2)6-9-13(14)15(19)18-16(3,4)12-7-8-12/h6,9-10,12,17H,5,7-8H2,1-4H3,(H,18,19). The lowest BCUT2D eigenvalue weighted by Crippen LogP contribution is -2.45. The summed E-state index contributed by atoms with van der Waals surface area (Å²) in [5, 5.41) is 6.44. The predicted octanol–water partition coefficient (Wildman–Crippen LogP) is 3.35. The van der Waals surface area contributed by atoms with E-state index in [2.05, 4.69) is 24.5 Å². The van der Waals surface area contributed by atoms with Crippen LogP contribution in [0.1, 0.15) is 49.5 Å². The van der Waals surface area contributed by atoms with Gasteiger partial charge >= 0.3 is 0 Å². The first-order valence-electron chi connectivity index (χ1n) is 7.11. The molecule has 104 valence electrons. The minimum atomic E-state index is -0.106. The van der Waals surface area contributed by atoms with Gasteiger partial charge in [-0.05, 0) is 64.2 Å². The summed E-state index contributed by atoms with van der Waals surface area (Å²) in [5.74, 6) is 0.650. The molecule has 1 aliphatic carbocycles. The molecule has 1 fully saturated rings. The highest BCUT2D eigenvalue weighted by Crippen LogP contribution is 2.39. The smallest absolute Gasteiger partial charge is 0.253 e. The molecule has 3 nitrogen and oxygen atoms in total. The average molecular weight is 260 g/mol. The summed E-state index contributed by atoms with van der Waals surface area (Å²) in [6, 6.07) is 5.92. The van der Waals surface area contributed by atoms with Crippen molar-refractivity contribution in [3.05, 3.63) is 29.3 Å². The first-order chi connectivity index (χ1) is 8.94. The zero-order valence-electron chi connectivity index (χ0n) is 12.3. The molecule has 1 saturated carbocycles. The second-order valence-electron chi connectivity index (χ2n) is 6.03. The van der Waals surface area contributed by atoms with Gasteiger partial charge in [0, 0.05) is 17.8 Å². The minimum absolute atomic E-state index is 0.0212. The largest absolute Gasteiger partial charge is 0.385 e. The molecule has 2 N–H and O–H groups in total.